The molecule has 1 saturated carbocycles. The number of nitrogens with one attached hydrogen (secondary N) is 3. The summed E-state index contributed by atoms with van der Waals surface area (Å²) in [5.41, 5.74) is 5.23. The van der Waals surface area contributed by atoms with Crippen molar-refractivity contribution in [3.05, 3.63) is 107 Å². The summed E-state index contributed by atoms with van der Waals surface area (Å²) in [7, 11) is 0. The van der Waals surface area contributed by atoms with E-state index in [9.17, 15) is 19.2 Å². The number of nitrogens with zero attached hydrogens (tertiary/aromatic N) is 1. The Balaban J connectivity index is 1.19. The van der Waals surface area contributed by atoms with Gasteiger partial charge in [-0.3, -0.25) is 19.8 Å². The number of carbonyl (C=O) groups excluding carboxylic acids is 2. The highest BCUT2D eigenvalue weighted by Gasteiger charge is 2.38. The maximum absolute atomic E-state index is 13.3. The Kier molecular flexibility index (Phi) is 9.09. The molecule has 3 aromatic carbocycles. The molecule has 1 aliphatic carbocycles. The summed E-state index contributed by atoms with van der Waals surface area (Å²) in [6, 6.07) is 23.4. The third kappa shape index (κ3) is 7.29. The summed E-state index contributed by atoms with van der Waals surface area (Å²) >= 11 is 0. The zero-order valence-electron chi connectivity index (χ0n) is 23.5. The van der Waals surface area contributed by atoms with Crippen LogP contribution >= 0.6 is 0 Å². The van der Waals surface area contributed by atoms with Gasteiger partial charge in [0.25, 0.3) is 5.91 Å². The lowest BCUT2D eigenvalue weighted by Crippen LogP contribution is -2.54. The van der Waals surface area contributed by atoms with Gasteiger partial charge < -0.3 is 15.4 Å². The van der Waals surface area contributed by atoms with E-state index < -0.39 is 11.4 Å². The van der Waals surface area contributed by atoms with Crippen LogP contribution in [0.2, 0.25) is 0 Å². The van der Waals surface area contributed by atoms with Crippen molar-refractivity contribution in [1.82, 2.24) is 21.1 Å². The van der Waals surface area contributed by atoms with Crippen LogP contribution in [0, 0.1) is 12.7 Å². The third-order valence-electron chi connectivity index (χ3n) is 7.89. The van der Waals surface area contributed by atoms with E-state index in [-0.39, 0.29) is 24.2 Å². The molecule has 4 aromatic rings. The fourth-order valence-corrected chi connectivity index (χ4v) is 5.62. The number of fused-ring (bicyclic) bond motifs is 1. The molecule has 1 aromatic heterocycles. The summed E-state index contributed by atoms with van der Waals surface area (Å²) in [6.07, 6.45) is 2.56. The van der Waals surface area contributed by atoms with Crippen molar-refractivity contribution < 1.29 is 23.9 Å². The summed E-state index contributed by atoms with van der Waals surface area (Å²) in [4.78, 5) is 30.0. The van der Waals surface area contributed by atoms with Gasteiger partial charge in [-0.15, -0.1) is 0 Å². The summed E-state index contributed by atoms with van der Waals surface area (Å²) < 4.78 is 19.2. The second kappa shape index (κ2) is 13.1. The van der Waals surface area contributed by atoms with Gasteiger partial charge in [-0.05, 0) is 86.7 Å². The van der Waals surface area contributed by atoms with Crippen LogP contribution in [0.5, 0.6) is 5.75 Å². The van der Waals surface area contributed by atoms with Crippen LogP contribution < -0.4 is 20.9 Å². The molecule has 218 valence electrons. The molecule has 0 spiro atoms. The summed E-state index contributed by atoms with van der Waals surface area (Å²) in [6.45, 7) is 2.93. The molecule has 0 aliphatic heterocycles. The summed E-state index contributed by atoms with van der Waals surface area (Å²) in [5.74, 6) is -0.473. The number of hydrogen-bond acceptors (Lipinski definition) is 6. The lowest BCUT2D eigenvalue weighted by atomic mass is 9.76. The van der Waals surface area contributed by atoms with Crippen molar-refractivity contribution in [2.24, 2.45) is 0 Å². The third-order valence-corrected chi connectivity index (χ3v) is 7.89. The molecule has 0 atom stereocenters. The van der Waals surface area contributed by atoms with Crippen LogP contribution in [0.4, 0.5) is 4.39 Å². The minimum Gasteiger partial charge on any atom is -0.489 e. The van der Waals surface area contributed by atoms with Crippen LogP contribution in [0.3, 0.4) is 0 Å². The number of aryl methyl sites for hydroxylation is 1. The van der Waals surface area contributed by atoms with Crippen molar-refractivity contribution in [2.75, 3.05) is 0 Å². The average molecular weight is 571 g/mol. The average Bonchev–Trinajstić information content (AvgIpc) is 3.00. The molecule has 0 bridgehead atoms. The molecule has 0 saturated heterocycles. The number of amides is 2. The first kappa shape index (κ1) is 29.2. The number of para-hydroxylation sites is 1. The maximum atomic E-state index is 13.3. The highest BCUT2D eigenvalue weighted by molar-refractivity contribution is 5.95. The largest absolute Gasteiger partial charge is 0.489 e. The van der Waals surface area contributed by atoms with E-state index in [1.54, 1.807) is 41.9 Å². The highest BCUT2D eigenvalue weighted by Crippen LogP contribution is 2.32. The molecular formula is C33H35FN4O4. The van der Waals surface area contributed by atoms with E-state index >= 15 is 0 Å². The molecule has 1 aliphatic rings. The van der Waals surface area contributed by atoms with Crippen molar-refractivity contribution in [3.63, 3.8) is 0 Å². The molecule has 1 heterocycles. The normalized spacial score (nSPS) is 18.4. The number of halogens is 1. The maximum Gasteiger partial charge on any atom is 0.251 e. The van der Waals surface area contributed by atoms with Gasteiger partial charge in [0, 0.05) is 40.3 Å². The van der Waals surface area contributed by atoms with Gasteiger partial charge in [0.05, 0.1) is 11.9 Å². The van der Waals surface area contributed by atoms with Gasteiger partial charge in [0.1, 0.15) is 18.2 Å². The van der Waals surface area contributed by atoms with Gasteiger partial charge in [0.2, 0.25) is 5.91 Å². The van der Waals surface area contributed by atoms with Crippen LogP contribution in [0.1, 0.15) is 59.3 Å². The van der Waals surface area contributed by atoms with E-state index in [0.29, 0.717) is 37.3 Å². The second-order valence-electron chi connectivity index (χ2n) is 11.0. The van der Waals surface area contributed by atoms with Crippen LogP contribution in [-0.2, 0) is 17.9 Å². The van der Waals surface area contributed by atoms with E-state index in [2.05, 4.69) is 15.6 Å². The predicted molar refractivity (Wildman–Crippen MR) is 157 cm³/mol. The fourth-order valence-electron chi connectivity index (χ4n) is 5.62. The molecule has 8 nitrogen and oxygen atoms in total. The van der Waals surface area contributed by atoms with Crippen molar-refractivity contribution in [2.45, 2.75) is 63.8 Å². The first-order valence-electron chi connectivity index (χ1n) is 14.1. The summed E-state index contributed by atoms with van der Waals surface area (Å²) in [5, 5.41) is 16.8. The first-order valence-corrected chi connectivity index (χ1v) is 14.1. The zero-order chi connectivity index (χ0) is 29.5. The van der Waals surface area contributed by atoms with Crippen molar-refractivity contribution >= 4 is 22.7 Å². The van der Waals surface area contributed by atoms with Gasteiger partial charge in [-0.2, -0.15) is 0 Å². The number of hydroxylamine groups is 1. The molecule has 4 N–H and O–H groups in total. The Hall–Kier alpha value is -4.34. The van der Waals surface area contributed by atoms with Gasteiger partial charge in [-0.25, -0.2) is 9.87 Å². The molecule has 5 rings (SSSR count). The SMILES string of the molecule is Cc1cc(COc2ccc(C(=O)NC3(CC(=O)NO)CCC(NCc4ccc(F)cc4)CC3)cc2)c2ccccc2n1. The van der Waals surface area contributed by atoms with Gasteiger partial charge >= 0.3 is 0 Å². The molecule has 9 heteroatoms. The Morgan fingerprint density at radius 3 is 2.45 bits per heavy atom. The minimum atomic E-state index is -0.784. The Bertz CT molecular complexity index is 1530. The zero-order valence-corrected chi connectivity index (χ0v) is 23.5. The van der Waals surface area contributed by atoms with Gasteiger partial charge in [-0.1, -0.05) is 30.3 Å². The van der Waals surface area contributed by atoms with E-state index in [1.807, 2.05) is 37.3 Å². The monoisotopic (exact) mass is 570 g/mol. The van der Waals surface area contributed by atoms with Gasteiger partial charge in [0.15, 0.2) is 0 Å². The molecular weight excluding hydrogens is 535 g/mol. The lowest BCUT2D eigenvalue weighted by Gasteiger charge is -2.40. The van der Waals surface area contributed by atoms with E-state index in [1.165, 1.54) is 12.1 Å². The Morgan fingerprint density at radius 2 is 1.74 bits per heavy atom. The fraction of sp³-hybridized carbons (Fsp3) is 0.303. The number of rotatable bonds is 10. The second-order valence-corrected chi connectivity index (χ2v) is 11.0. The number of aromatic nitrogens is 1. The Morgan fingerprint density at radius 1 is 1.02 bits per heavy atom. The standard InChI is InChI=1S/C33H35FN4O4/c1-22-18-25(29-4-2-3-5-30(29)36-22)21-42-28-12-8-24(9-13-28)32(40)37-33(19-31(39)38-41)16-14-27(15-17-33)35-20-23-6-10-26(34)11-7-23/h2-13,18,27,35,41H,14-17,19-21H2,1H3,(H,37,40)(H,38,39). The van der Waals surface area contributed by atoms with E-state index in [0.717, 1.165) is 40.6 Å². The molecule has 0 unspecified atom stereocenters. The van der Waals surface area contributed by atoms with E-state index in [4.69, 9.17) is 4.74 Å². The quantitative estimate of drug-likeness (QED) is 0.151. The topological polar surface area (TPSA) is 113 Å². The van der Waals surface area contributed by atoms with Crippen LogP contribution in [0.25, 0.3) is 10.9 Å². The highest BCUT2D eigenvalue weighted by atomic mass is 19.1. The van der Waals surface area contributed by atoms with Crippen molar-refractivity contribution in [3.8, 4) is 5.75 Å². The van der Waals surface area contributed by atoms with Crippen molar-refractivity contribution in [1.29, 1.82) is 0 Å². The molecule has 0 radical (unpaired) electrons. The molecule has 1 fully saturated rings. The molecule has 2 amide bonds. The number of benzene rings is 3. The number of carbonyl (C=O) groups is 2. The number of ether oxygens (including phenoxy) is 1. The van der Waals surface area contributed by atoms with Crippen LogP contribution in [0.15, 0.2) is 78.9 Å². The van der Waals surface area contributed by atoms with Crippen LogP contribution in [-0.4, -0.2) is 33.6 Å². The number of pyridine rings is 1. The molecule has 42 heavy (non-hydrogen) atoms. The lowest BCUT2D eigenvalue weighted by molar-refractivity contribution is -0.131. The first-order chi connectivity index (χ1) is 20.3. The predicted octanol–water partition coefficient (Wildman–Crippen LogP) is 5.36. The number of hydrogen-bond donors (Lipinski definition) is 4. The Labute approximate surface area is 244 Å². The smallest absolute Gasteiger partial charge is 0.251 e. The minimum absolute atomic E-state index is 0.0274.